The largest absolute Gasteiger partial charge is 0.355 e. The smallest absolute Gasteiger partial charge is 0.236 e. The minimum Gasteiger partial charge on any atom is -0.355 e. The van der Waals surface area contributed by atoms with E-state index in [1.54, 1.807) is 27.8 Å². The van der Waals surface area contributed by atoms with Gasteiger partial charge in [0, 0.05) is 52.9 Å². The van der Waals surface area contributed by atoms with Crippen LogP contribution in [0.4, 0.5) is 0 Å². The molecule has 10 heteroatoms. The molecular formula is C19H38IN5O3S. The molecule has 170 valence electrons. The second-order valence-electron chi connectivity index (χ2n) is 8.61. The Bertz CT molecular complexity index is 649. The summed E-state index contributed by atoms with van der Waals surface area (Å²) >= 11 is 0. The normalized spacial score (nSPS) is 19.7. The van der Waals surface area contributed by atoms with Gasteiger partial charge in [-0.05, 0) is 40.0 Å². The third kappa shape index (κ3) is 7.86. The number of amides is 1. The van der Waals surface area contributed by atoms with E-state index in [2.05, 4.69) is 20.1 Å². The number of hydrogen-bond acceptors (Lipinski definition) is 5. The summed E-state index contributed by atoms with van der Waals surface area (Å²) in [6.07, 6.45) is 3.46. The van der Waals surface area contributed by atoms with Crippen LogP contribution in [0.2, 0.25) is 0 Å². The Balaban J connectivity index is 0.00000420. The van der Waals surface area contributed by atoms with Gasteiger partial charge in [-0.25, -0.2) is 8.42 Å². The molecule has 2 fully saturated rings. The number of piperazine rings is 1. The molecule has 0 spiro atoms. The maximum absolute atomic E-state index is 12.4. The van der Waals surface area contributed by atoms with Crippen LogP contribution in [0, 0.1) is 0 Å². The molecule has 0 radical (unpaired) electrons. The lowest BCUT2D eigenvalue weighted by Gasteiger charge is -2.37. The zero-order chi connectivity index (χ0) is 20.8. The standard InChI is InChI=1S/C19H37N5O3S.HI/c1-19(2,3)28(26,27)15-8-21-18(20-4)24-13-11-22(12-14-24)16-17(25)23-9-6-5-7-10-23;/h5-16H2,1-4H3,(H,20,21);1H. The van der Waals surface area contributed by atoms with Crippen LogP contribution in [0.3, 0.4) is 0 Å². The van der Waals surface area contributed by atoms with E-state index in [4.69, 9.17) is 0 Å². The maximum atomic E-state index is 12.4. The van der Waals surface area contributed by atoms with Crippen molar-refractivity contribution in [3.05, 3.63) is 0 Å². The minimum absolute atomic E-state index is 0. The number of sulfone groups is 1. The van der Waals surface area contributed by atoms with E-state index in [0.29, 0.717) is 13.1 Å². The predicted octanol–water partition coefficient (Wildman–Crippen LogP) is 1.02. The van der Waals surface area contributed by atoms with Gasteiger partial charge in [-0.2, -0.15) is 0 Å². The maximum Gasteiger partial charge on any atom is 0.236 e. The van der Waals surface area contributed by atoms with Crippen LogP contribution in [0.25, 0.3) is 0 Å². The Kier molecular flexibility index (Phi) is 10.6. The second-order valence-corrected chi connectivity index (χ2v) is 11.5. The van der Waals surface area contributed by atoms with Gasteiger partial charge < -0.3 is 15.1 Å². The van der Waals surface area contributed by atoms with Crippen LogP contribution < -0.4 is 5.32 Å². The molecule has 8 nitrogen and oxygen atoms in total. The fourth-order valence-corrected chi connectivity index (χ4v) is 4.47. The monoisotopic (exact) mass is 543 g/mol. The first-order valence-electron chi connectivity index (χ1n) is 10.3. The highest BCUT2D eigenvalue weighted by atomic mass is 127. The number of nitrogens with one attached hydrogen (secondary N) is 1. The molecule has 0 unspecified atom stereocenters. The van der Waals surface area contributed by atoms with E-state index in [-0.39, 0.29) is 35.6 Å². The molecule has 0 aromatic rings. The van der Waals surface area contributed by atoms with Gasteiger partial charge in [0.25, 0.3) is 0 Å². The second kappa shape index (κ2) is 11.7. The first-order valence-corrected chi connectivity index (χ1v) is 12.0. The molecule has 2 aliphatic heterocycles. The Morgan fingerprint density at radius 2 is 1.55 bits per heavy atom. The number of carbonyl (C=O) groups excluding carboxylic acids is 1. The van der Waals surface area contributed by atoms with Crippen molar-refractivity contribution in [3.8, 4) is 0 Å². The number of guanidine groups is 1. The van der Waals surface area contributed by atoms with Crippen molar-refractivity contribution < 1.29 is 13.2 Å². The topological polar surface area (TPSA) is 85.3 Å². The lowest BCUT2D eigenvalue weighted by molar-refractivity contribution is -0.133. The molecule has 1 N–H and O–H groups in total. The highest BCUT2D eigenvalue weighted by Crippen LogP contribution is 2.15. The number of nitrogens with zero attached hydrogens (tertiary/aromatic N) is 4. The third-order valence-electron chi connectivity index (χ3n) is 5.54. The Morgan fingerprint density at radius 1 is 0.966 bits per heavy atom. The fraction of sp³-hybridized carbons (Fsp3) is 0.895. The number of hydrogen-bond donors (Lipinski definition) is 1. The molecule has 2 saturated heterocycles. The van der Waals surface area contributed by atoms with E-state index in [1.165, 1.54) is 6.42 Å². The van der Waals surface area contributed by atoms with Crippen molar-refractivity contribution in [3.63, 3.8) is 0 Å². The van der Waals surface area contributed by atoms with Crippen molar-refractivity contribution in [1.82, 2.24) is 20.0 Å². The van der Waals surface area contributed by atoms with E-state index in [9.17, 15) is 13.2 Å². The molecule has 29 heavy (non-hydrogen) atoms. The fourth-order valence-electron chi connectivity index (χ4n) is 3.49. The molecule has 0 saturated carbocycles. The van der Waals surface area contributed by atoms with Crippen LogP contribution in [0.1, 0.15) is 40.0 Å². The zero-order valence-corrected chi connectivity index (χ0v) is 21.5. The lowest BCUT2D eigenvalue weighted by Crippen LogP contribution is -2.55. The summed E-state index contributed by atoms with van der Waals surface area (Å²) < 4.78 is 23.7. The minimum atomic E-state index is -3.15. The quantitative estimate of drug-likeness (QED) is 0.317. The van der Waals surface area contributed by atoms with Crippen LogP contribution in [0.15, 0.2) is 4.99 Å². The van der Waals surface area contributed by atoms with Gasteiger partial charge in [-0.15, -0.1) is 24.0 Å². The summed E-state index contributed by atoms with van der Waals surface area (Å²) in [7, 11) is -1.44. The third-order valence-corrected chi connectivity index (χ3v) is 8.15. The first kappa shape index (κ1) is 26.4. The molecule has 0 atom stereocenters. The number of likely N-dealkylation sites (tertiary alicyclic amines) is 1. The highest BCUT2D eigenvalue weighted by molar-refractivity contribution is 14.0. The molecule has 2 rings (SSSR count). The van der Waals surface area contributed by atoms with Crippen molar-refractivity contribution in [2.75, 3.05) is 65.2 Å². The molecule has 0 bridgehead atoms. The molecular weight excluding hydrogens is 505 g/mol. The summed E-state index contributed by atoms with van der Waals surface area (Å²) in [5.74, 6) is 1.05. The molecule has 2 aliphatic rings. The van der Waals surface area contributed by atoms with Gasteiger partial charge in [0.15, 0.2) is 15.8 Å². The van der Waals surface area contributed by atoms with Crippen molar-refractivity contribution in [2.24, 2.45) is 4.99 Å². The van der Waals surface area contributed by atoms with E-state index in [1.807, 2.05) is 4.90 Å². The summed E-state index contributed by atoms with van der Waals surface area (Å²) in [4.78, 5) is 23.0. The van der Waals surface area contributed by atoms with Crippen molar-refractivity contribution in [2.45, 2.75) is 44.8 Å². The van der Waals surface area contributed by atoms with Gasteiger partial charge in [0.05, 0.1) is 17.0 Å². The van der Waals surface area contributed by atoms with Gasteiger partial charge in [-0.3, -0.25) is 14.7 Å². The van der Waals surface area contributed by atoms with Gasteiger partial charge >= 0.3 is 0 Å². The first-order chi connectivity index (χ1) is 13.1. The van der Waals surface area contributed by atoms with Crippen LogP contribution in [-0.4, -0.2) is 105 Å². The molecule has 0 aromatic carbocycles. The summed E-state index contributed by atoms with van der Waals surface area (Å²) in [6.45, 7) is 11.0. The Labute approximate surface area is 193 Å². The Morgan fingerprint density at radius 3 is 2.07 bits per heavy atom. The average molecular weight is 544 g/mol. The average Bonchev–Trinajstić information content (AvgIpc) is 2.66. The summed E-state index contributed by atoms with van der Waals surface area (Å²) in [5, 5.41) is 3.18. The molecule has 1 amide bonds. The van der Waals surface area contributed by atoms with Gasteiger partial charge in [0.1, 0.15) is 0 Å². The van der Waals surface area contributed by atoms with E-state index >= 15 is 0 Å². The zero-order valence-electron chi connectivity index (χ0n) is 18.3. The molecule has 2 heterocycles. The highest BCUT2D eigenvalue weighted by Gasteiger charge is 2.29. The Hall–Kier alpha value is -0.620. The van der Waals surface area contributed by atoms with Gasteiger partial charge in [0.2, 0.25) is 5.91 Å². The number of halogens is 1. The summed E-state index contributed by atoms with van der Waals surface area (Å²) in [6, 6.07) is 0. The van der Waals surface area contributed by atoms with E-state index in [0.717, 1.165) is 58.1 Å². The van der Waals surface area contributed by atoms with Crippen LogP contribution in [-0.2, 0) is 14.6 Å². The van der Waals surface area contributed by atoms with Crippen molar-refractivity contribution in [1.29, 1.82) is 0 Å². The number of piperidine rings is 1. The summed E-state index contributed by atoms with van der Waals surface area (Å²) in [5.41, 5.74) is 0. The SMILES string of the molecule is CN=C(NCCS(=O)(=O)C(C)(C)C)N1CCN(CC(=O)N2CCCCC2)CC1.I. The van der Waals surface area contributed by atoms with Crippen molar-refractivity contribution >= 4 is 45.7 Å². The van der Waals surface area contributed by atoms with Crippen LogP contribution in [0.5, 0.6) is 0 Å². The van der Waals surface area contributed by atoms with Gasteiger partial charge in [-0.1, -0.05) is 0 Å². The lowest BCUT2D eigenvalue weighted by atomic mass is 10.1. The van der Waals surface area contributed by atoms with Crippen LogP contribution >= 0.6 is 24.0 Å². The molecule has 0 aromatic heterocycles. The predicted molar refractivity (Wildman–Crippen MR) is 129 cm³/mol. The number of rotatable bonds is 5. The number of carbonyl (C=O) groups is 1. The molecule has 0 aliphatic carbocycles. The van der Waals surface area contributed by atoms with E-state index < -0.39 is 14.6 Å². The number of aliphatic imine (C=N–C) groups is 1.